The molecule has 0 radical (unpaired) electrons. The molecule has 0 aliphatic heterocycles. The lowest BCUT2D eigenvalue weighted by Gasteiger charge is -2.28. The fourth-order valence-corrected chi connectivity index (χ4v) is 4.16. The molecule has 168 valence electrons. The fourth-order valence-electron chi connectivity index (χ4n) is 3.77. The Morgan fingerprint density at radius 3 is 2.39 bits per heavy atom. The number of rotatable bonds is 8. The lowest BCUT2D eigenvalue weighted by Crippen LogP contribution is -2.20. The number of pyridine rings is 2. The molecule has 0 saturated heterocycles. The zero-order valence-corrected chi connectivity index (χ0v) is 18.9. The molecule has 0 aliphatic carbocycles. The highest BCUT2D eigenvalue weighted by Crippen LogP contribution is 2.41. The number of nitrogens with zero attached hydrogens (tertiary/aromatic N) is 4. The quantitative estimate of drug-likeness (QED) is 0.328. The van der Waals surface area contributed by atoms with Gasteiger partial charge in [-0.3, -0.25) is 14.5 Å². The van der Waals surface area contributed by atoms with Gasteiger partial charge in [-0.25, -0.2) is 18.9 Å². The maximum Gasteiger partial charge on any atom is 0.232 e. The predicted molar refractivity (Wildman–Crippen MR) is 128 cm³/mol. The number of hydrogen-bond acceptors (Lipinski definition) is 6. The van der Waals surface area contributed by atoms with Crippen LogP contribution in [-0.2, 0) is 17.8 Å². The molecule has 0 aliphatic rings. The van der Waals surface area contributed by atoms with Crippen LogP contribution >= 0.6 is 11.6 Å². The van der Waals surface area contributed by atoms with Crippen LogP contribution in [0, 0.1) is 0 Å². The number of nitrogen functional groups attached to an aromatic ring is 1. The topological polar surface area (TPSA) is 127 Å². The number of nitrogens with two attached hydrogens (primary N) is 1. The van der Waals surface area contributed by atoms with Crippen LogP contribution in [0.25, 0.3) is 0 Å². The monoisotopic (exact) mass is 480 g/mol. The van der Waals surface area contributed by atoms with Crippen molar-refractivity contribution < 1.29 is 8.76 Å². The van der Waals surface area contributed by atoms with Gasteiger partial charge in [0.05, 0.1) is 17.9 Å². The van der Waals surface area contributed by atoms with Gasteiger partial charge in [-0.15, -0.1) is 0 Å². The van der Waals surface area contributed by atoms with Crippen molar-refractivity contribution in [2.75, 3.05) is 5.73 Å². The molecule has 10 heteroatoms. The first-order valence-corrected chi connectivity index (χ1v) is 11.5. The Balaban J connectivity index is 1.89. The van der Waals surface area contributed by atoms with E-state index in [0.29, 0.717) is 10.7 Å². The third kappa shape index (κ3) is 5.77. The van der Waals surface area contributed by atoms with Gasteiger partial charge < -0.3 is 5.73 Å². The molecule has 1 aromatic carbocycles. The van der Waals surface area contributed by atoms with Crippen LogP contribution in [0.5, 0.6) is 0 Å². The normalized spacial score (nSPS) is 13.9. The largest absolute Gasteiger partial charge is 0.368 e. The van der Waals surface area contributed by atoms with Crippen molar-refractivity contribution >= 4 is 28.8 Å². The van der Waals surface area contributed by atoms with Crippen LogP contribution in [0.2, 0.25) is 5.02 Å². The summed E-state index contributed by atoms with van der Waals surface area (Å²) in [4.78, 5) is 17.7. The predicted octanol–water partition coefficient (Wildman–Crippen LogP) is 3.69. The Morgan fingerprint density at radius 1 is 0.939 bits per heavy atom. The molecule has 8 nitrogen and oxygen atoms in total. The Hall–Kier alpha value is -3.24. The van der Waals surface area contributed by atoms with E-state index >= 15 is 0 Å². The molecule has 3 unspecified atom stereocenters. The second-order valence-electron chi connectivity index (χ2n) is 7.26. The molecular weight excluding hydrogens is 460 g/mol. The van der Waals surface area contributed by atoms with Gasteiger partial charge >= 0.3 is 0 Å². The smallest absolute Gasteiger partial charge is 0.232 e. The van der Waals surface area contributed by atoms with E-state index in [1.54, 1.807) is 24.7 Å². The molecule has 4 N–H and O–H groups in total. The van der Waals surface area contributed by atoms with E-state index in [9.17, 15) is 4.21 Å². The fraction of sp³-hybridized carbons (Fsp3) is 0.130. The maximum atomic E-state index is 11.1. The summed E-state index contributed by atoms with van der Waals surface area (Å²) in [6.45, 7) is 0.142. The first-order valence-electron chi connectivity index (χ1n) is 10.1. The van der Waals surface area contributed by atoms with Crippen molar-refractivity contribution in [1.29, 1.82) is 0 Å². The van der Waals surface area contributed by atoms with Crippen LogP contribution < -0.4 is 10.5 Å². The summed E-state index contributed by atoms with van der Waals surface area (Å²) in [6.07, 6.45) is 5.14. The standard InChI is InChI=1S/C23H21ClN6O2S/c24-17-8-6-15(7-9-17)21(20-10-12-27-23(25)30-20)22(16-3-2-11-26-13-16)19-5-1-4-18(29-19)14-28-33(31)32/h1-13,21-22,28H,14H2,(H,31,32)(H2,25,27,30). The lowest BCUT2D eigenvalue weighted by molar-refractivity contribution is 0.547. The van der Waals surface area contributed by atoms with Crippen molar-refractivity contribution in [2.45, 2.75) is 18.4 Å². The first-order chi connectivity index (χ1) is 16.0. The highest BCUT2D eigenvalue weighted by molar-refractivity contribution is 7.77. The zero-order valence-electron chi connectivity index (χ0n) is 17.4. The molecule has 3 atom stereocenters. The van der Waals surface area contributed by atoms with Crippen molar-refractivity contribution in [3.63, 3.8) is 0 Å². The highest BCUT2D eigenvalue weighted by Gasteiger charge is 2.31. The minimum absolute atomic E-state index is 0.142. The van der Waals surface area contributed by atoms with Gasteiger partial charge in [0.15, 0.2) is 0 Å². The second-order valence-corrected chi connectivity index (χ2v) is 8.48. The Labute approximate surface area is 198 Å². The van der Waals surface area contributed by atoms with E-state index in [2.05, 4.69) is 19.7 Å². The Bertz CT molecular complexity index is 1240. The average Bonchev–Trinajstić information content (AvgIpc) is 2.82. The van der Waals surface area contributed by atoms with E-state index < -0.39 is 11.3 Å². The SMILES string of the molecule is Nc1nccc(C(c2ccc(Cl)cc2)C(c2cccnc2)c2cccc(CNS(=O)O)n2)n1. The average molecular weight is 481 g/mol. The highest BCUT2D eigenvalue weighted by atomic mass is 35.5. The molecule has 0 saturated carbocycles. The van der Waals surface area contributed by atoms with E-state index in [-0.39, 0.29) is 24.3 Å². The van der Waals surface area contributed by atoms with Crippen LogP contribution in [0.1, 0.15) is 40.0 Å². The molecule has 33 heavy (non-hydrogen) atoms. The summed E-state index contributed by atoms with van der Waals surface area (Å²) in [5.74, 6) is -0.388. The van der Waals surface area contributed by atoms with Crippen LogP contribution in [0.4, 0.5) is 5.95 Å². The van der Waals surface area contributed by atoms with Gasteiger partial charge in [-0.05, 0) is 47.5 Å². The van der Waals surface area contributed by atoms with E-state index in [4.69, 9.17) is 26.9 Å². The number of nitrogens with one attached hydrogen (secondary N) is 1. The summed E-state index contributed by atoms with van der Waals surface area (Å²) < 4.78 is 22.6. The third-order valence-electron chi connectivity index (χ3n) is 5.14. The Kier molecular flexibility index (Phi) is 7.36. The van der Waals surface area contributed by atoms with Crippen molar-refractivity contribution in [3.05, 3.63) is 112 Å². The van der Waals surface area contributed by atoms with Gasteiger partial charge in [0, 0.05) is 41.1 Å². The van der Waals surface area contributed by atoms with Gasteiger partial charge in [0.25, 0.3) is 0 Å². The number of anilines is 1. The molecule has 4 rings (SSSR count). The van der Waals surface area contributed by atoms with Crippen LogP contribution in [-0.4, -0.2) is 28.7 Å². The molecule has 0 spiro atoms. The van der Waals surface area contributed by atoms with Crippen molar-refractivity contribution in [1.82, 2.24) is 24.7 Å². The van der Waals surface area contributed by atoms with E-state index in [1.165, 1.54) is 0 Å². The molecule has 0 bridgehead atoms. The lowest BCUT2D eigenvalue weighted by atomic mass is 9.77. The second kappa shape index (κ2) is 10.6. The molecular formula is C23H21ClN6O2S. The molecule has 4 aromatic rings. The van der Waals surface area contributed by atoms with E-state index in [0.717, 1.165) is 22.5 Å². The molecule has 0 amide bonds. The van der Waals surface area contributed by atoms with Crippen LogP contribution in [0.3, 0.4) is 0 Å². The zero-order chi connectivity index (χ0) is 23.2. The summed E-state index contributed by atoms with van der Waals surface area (Å²) in [5.41, 5.74) is 9.93. The minimum atomic E-state index is -2.14. The summed E-state index contributed by atoms with van der Waals surface area (Å²) in [7, 11) is 0. The summed E-state index contributed by atoms with van der Waals surface area (Å²) in [6, 6.07) is 18.8. The molecule has 3 heterocycles. The van der Waals surface area contributed by atoms with E-state index in [1.807, 2.05) is 54.6 Å². The van der Waals surface area contributed by atoms with Gasteiger partial charge in [-0.1, -0.05) is 35.9 Å². The van der Waals surface area contributed by atoms with Crippen LogP contribution in [0.15, 0.2) is 79.3 Å². The van der Waals surface area contributed by atoms with Crippen molar-refractivity contribution in [2.24, 2.45) is 0 Å². The Morgan fingerprint density at radius 2 is 1.70 bits per heavy atom. The number of benzene rings is 1. The third-order valence-corrected chi connectivity index (χ3v) is 5.79. The molecule has 0 fully saturated rings. The maximum absolute atomic E-state index is 11.1. The minimum Gasteiger partial charge on any atom is -0.368 e. The van der Waals surface area contributed by atoms with Gasteiger partial charge in [-0.2, -0.15) is 0 Å². The van der Waals surface area contributed by atoms with Crippen molar-refractivity contribution in [3.8, 4) is 0 Å². The van der Waals surface area contributed by atoms with Gasteiger partial charge in [0.2, 0.25) is 17.2 Å². The number of aromatic nitrogens is 4. The number of halogens is 1. The molecule has 3 aromatic heterocycles. The first kappa shape index (κ1) is 22.9. The summed E-state index contributed by atoms with van der Waals surface area (Å²) >= 11 is 4.03. The summed E-state index contributed by atoms with van der Waals surface area (Å²) in [5, 5.41) is 0.626. The van der Waals surface area contributed by atoms with Gasteiger partial charge in [0.1, 0.15) is 0 Å². The number of hydrogen-bond donors (Lipinski definition) is 3.